The monoisotopic (exact) mass is 327 g/mol. The predicted octanol–water partition coefficient (Wildman–Crippen LogP) is 3.06. The van der Waals surface area contributed by atoms with Crippen LogP contribution < -0.4 is 5.73 Å². The molecule has 0 aliphatic carbocycles. The van der Waals surface area contributed by atoms with E-state index in [0.29, 0.717) is 11.7 Å². The highest BCUT2D eigenvalue weighted by Crippen LogP contribution is 2.28. The van der Waals surface area contributed by atoms with Crippen LogP contribution in [0.25, 0.3) is 5.65 Å². The van der Waals surface area contributed by atoms with E-state index in [-0.39, 0.29) is 0 Å². The number of hydrogen-bond donors (Lipinski definition) is 1. The first kappa shape index (κ1) is 14.7. The molecule has 1 atom stereocenters. The third kappa shape index (κ3) is 2.96. The molecule has 0 radical (unpaired) electrons. The third-order valence-electron chi connectivity index (χ3n) is 4.51. The molecular formula is C17H21N5S. The minimum atomic E-state index is 0.449. The van der Waals surface area contributed by atoms with Gasteiger partial charge in [-0.3, -0.25) is 4.90 Å². The lowest BCUT2D eigenvalue weighted by atomic mass is 9.94. The molecule has 5 nitrogen and oxygen atoms in total. The zero-order chi connectivity index (χ0) is 15.8. The standard InChI is InChI=1S/C17H21N5S/c1-12-7-17-19-15(8-16(18)22(17)20-12)14-3-2-5-21(10-14)9-13-4-6-23-11-13/h4,6-8,11,14H,2-3,5,9-10,18H2,1H3. The number of likely N-dealkylation sites (tertiary alicyclic amines) is 1. The molecule has 0 aromatic carbocycles. The van der Waals surface area contributed by atoms with Crippen molar-refractivity contribution in [1.82, 2.24) is 19.5 Å². The van der Waals surface area contributed by atoms with Gasteiger partial charge in [0, 0.05) is 31.1 Å². The molecule has 1 unspecified atom stereocenters. The minimum absolute atomic E-state index is 0.449. The Kier molecular flexibility index (Phi) is 3.79. The smallest absolute Gasteiger partial charge is 0.157 e. The molecule has 0 saturated carbocycles. The molecule has 0 spiro atoms. The van der Waals surface area contributed by atoms with Gasteiger partial charge in [-0.15, -0.1) is 0 Å². The molecule has 3 aromatic rings. The van der Waals surface area contributed by atoms with Crippen molar-refractivity contribution in [1.29, 1.82) is 0 Å². The summed E-state index contributed by atoms with van der Waals surface area (Å²) in [6, 6.07) is 6.20. The maximum Gasteiger partial charge on any atom is 0.157 e. The number of thiophene rings is 1. The van der Waals surface area contributed by atoms with Gasteiger partial charge in [-0.05, 0) is 48.7 Å². The summed E-state index contributed by atoms with van der Waals surface area (Å²) in [5.41, 5.74) is 10.5. The first-order valence-electron chi connectivity index (χ1n) is 8.05. The molecule has 2 N–H and O–H groups in total. The van der Waals surface area contributed by atoms with E-state index >= 15 is 0 Å². The summed E-state index contributed by atoms with van der Waals surface area (Å²) in [5.74, 6) is 1.12. The molecule has 1 fully saturated rings. The molecule has 120 valence electrons. The number of rotatable bonds is 3. The molecule has 4 rings (SSSR count). The molecular weight excluding hydrogens is 306 g/mol. The largest absolute Gasteiger partial charge is 0.384 e. The number of fused-ring (bicyclic) bond motifs is 1. The highest BCUT2D eigenvalue weighted by Gasteiger charge is 2.23. The second-order valence-corrected chi connectivity index (χ2v) is 7.15. The van der Waals surface area contributed by atoms with E-state index < -0.39 is 0 Å². The summed E-state index contributed by atoms with van der Waals surface area (Å²) >= 11 is 1.77. The topological polar surface area (TPSA) is 59.5 Å². The number of nitrogen functional groups attached to an aromatic ring is 1. The van der Waals surface area contributed by atoms with E-state index in [4.69, 9.17) is 10.7 Å². The Morgan fingerprint density at radius 2 is 2.30 bits per heavy atom. The Hall–Kier alpha value is -1.92. The van der Waals surface area contributed by atoms with Crippen molar-refractivity contribution in [3.8, 4) is 0 Å². The van der Waals surface area contributed by atoms with Gasteiger partial charge in [-0.2, -0.15) is 21.0 Å². The van der Waals surface area contributed by atoms with Gasteiger partial charge in [0.1, 0.15) is 5.82 Å². The normalized spacial score (nSPS) is 19.4. The van der Waals surface area contributed by atoms with Gasteiger partial charge in [-0.1, -0.05) is 0 Å². The zero-order valence-corrected chi connectivity index (χ0v) is 14.1. The Balaban J connectivity index is 1.57. The lowest BCUT2D eigenvalue weighted by Gasteiger charge is -2.32. The molecule has 23 heavy (non-hydrogen) atoms. The van der Waals surface area contributed by atoms with Crippen LogP contribution in [0.15, 0.2) is 29.0 Å². The quantitative estimate of drug-likeness (QED) is 0.803. The number of hydrogen-bond acceptors (Lipinski definition) is 5. The van der Waals surface area contributed by atoms with Crippen molar-refractivity contribution in [2.45, 2.75) is 32.2 Å². The van der Waals surface area contributed by atoms with Crippen LogP contribution in [0.3, 0.4) is 0 Å². The zero-order valence-electron chi connectivity index (χ0n) is 13.3. The van der Waals surface area contributed by atoms with Crippen molar-refractivity contribution >= 4 is 22.8 Å². The van der Waals surface area contributed by atoms with Crippen molar-refractivity contribution in [3.63, 3.8) is 0 Å². The molecule has 0 bridgehead atoms. The molecule has 3 aromatic heterocycles. The van der Waals surface area contributed by atoms with E-state index in [1.165, 1.54) is 18.4 Å². The molecule has 4 heterocycles. The maximum atomic E-state index is 6.17. The summed E-state index contributed by atoms with van der Waals surface area (Å²) in [5, 5.41) is 8.77. The molecule has 1 saturated heterocycles. The maximum absolute atomic E-state index is 6.17. The summed E-state index contributed by atoms with van der Waals surface area (Å²) in [6.07, 6.45) is 2.38. The van der Waals surface area contributed by atoms with Crippen LogP contribution in [-0.4, -0.2) is 32.6 Å². The van der Waals surface area contributed by atoms with Crippen LogP contribution in [0, 0.1) is 6.92 Å². The average molecular weight is 327 g/mol. The van der Waals surface area contributed by atoms with Crippen LogP contribution in [0.1, 0.15) is 35.7 Å². The van der Waals surface area contributed by atoms with Crippen LogP contribution in [0.4, 0.5) is 5.82 Å². The van der Waals surface area contributed by atoms with E-state index in [2.05, 4.69) is 26.8 Å². The van der Waals surface area contributed by atoms with Crippen molar-refractivity contribution < 1.29 is 0 Å². The molecule has 1 aliphatic heterocycles. The Bertz CT molecular complexity index is 808. The Labute approximate surface area is 139 Å². The Morgan fingerprint density at radius 1 is 1.39 bits per heavy atom. The van der Waals surface area contributed by atoms with Gasteiger partial charge in [0.2, 0.25) is 0 Å². The molecule has 6 heteroatoms. The molecule has 0 amide bonds. The highest BCUT2D eigenvalue weighted by molar-refractivity contribution is 7.07. The van der Waals surface area contributed by atoms with Crippen molar-refractivity contribution in [2.75, 3.05) is 18.8 Å². The average Bonchev–Trinajstić information content (AvgIpc) is 3.16. The van der Waals surface area contributed by atoms with Gasteiger partial charge < -0.3 is 5.73 Å². The summed E-state index contributed by atoms with van der Waals surface area (Å²) in [6.45, 7) is 5.21. The predicted molar refractivity (Wildman–Crippen MR) is 93.7 cm³/mol. The highest BCUT2D eigenvalue weighted by atomic mass is 32.1. The van der Waals surface area contributed by atoms with Crippen LogP contribution >= 0.6 is 11.3 Å². The van der Waals surface area contributed by atoms with Crippen LogP contribution in [0.2, 0.25) is 0 Å². The van der Waals surface area contributed by atoms with E-state index in [9.17, 15) is 0 Å². The second-order valence-electron chi connectivity index (χ2n) is 6.37. The Morgan fingerprint density at radius 3 is 3.13 bits per heavy atom. The second kappa shape index (κ2) is 5.94. The van der Waals surface area contributed by atoms with Gasteiger partial charge in [0.25, 0.3) is 0 Å². The lowest BCUT2D eigenvalue weighted by Crippen LogP contribution is -2.34. The molecule has 1 aliphatic rings. The third-order valence-corrected chi connectivity index (χ3v) is 5.24. The number of nitrogens with two attached hydrogens (primary N) is 1. The van der Waals surface area contributed by atoms with Crippen molar-refractivity contribution in [2.24, 2.45) is 0 Å². The van der Waals surface area contributed by atoms with Gasteiger partial charge in [-0.25, -0.2) is 4.98 Å². The minimum Gasteiger partial charge on any atom is -0.384 e. The van der Waals surface area contributed by atoms with Crippen molar-refractivity contribution in [3.05, 3.63) is 45.9 Å². The summed E-state index contributed by atoms with van der Waals surface area (Å²) < 4.78 is 1.73. The van der Waals surface area contributed by atoms with Crippen LogP contribution in [-0.2, 0) is 6.54 Å². The number of aryl methyl sites for hydroxylation is 1. The first-order valence-corrected chi connectivity index (χ1v) is 8.99. The first-order chi connectivity index (χ1) is 11.2. The number of aromatic nitrogens is 3. The van der Waals surface area contributed by atoms with E-state index in [1.54, 1.807) is 15.9 Å². The van der Waals surface area contributed by atoms with E-state index in [1.807, 2.05) is 19.1 Å². The van der Waals surface area contributed by atoms with Crippen LogP contribution in [0.5, 0.6) is 0 Å². The SMILES string of the molecule is Cc1cc2nc(C3CCCN(Cc4ccsc4)C3)cc(N)n2n1. The van der Waals surface area contributed by atoms with Gasteiger partial charge >= 0.3 is 0 Å². The van der Waals surface area contributed by atoms with Gasteiger partial charge in [0.05, 0.1) is 11.4 Å². The number of piperidine rings is 1. The fraction of sp³-hybridized carbons (Fsp3) is 0.412. The summed E-state index contributed by atoms with van der Waals surface area (Å²) in [7, 11) is 0. The lowest BCUT2D eigenvalue weighted by molar-refractivity contribution is 0.199. The summed E-state index contributed by atoms with van der Waals surface area (Å²) in [4.78, 5) is 7.34. The number of anilines is 1. The number of nitrogens with zero attached hydrogens (tertiary/aromatic N) is 4. The fourth-order valence-electron chi connectivity index (χ4n) is 3.42. The fourth-order valence-corrected chi connectivity index (χ4v) is 4.08. The van der Waals surface area contributed by atoms with E-state index in [0.717, 1.165) is 36.7 Å². The van der Waals surface area contributed by atoms with Gasteiger partial charge in [0.15, 0.2) is 5.65 Å².